The molecule has 2 rings (SSSR count). The first kappa shape index (κ1) is 33.1. The molecule has 38 heavy (non-hydrogen) atoms. The molecule has 4 heteroatoms. The van der Waals surface area contributed by atoms with E-state index in [-0.39, 0.29) is 16.2 Å². The van der Waals surface area contributed by atoms with Crippen LogP contribution in [-0.2, 0) is 32.6 Å². The Labute approximate surface area is 240 Å². The zero-order valence-electron chi connectivity index (χ0n) is 27.3. The Kier molecular flexibility index (Phi) is 9.90. The molecule has 0 aliphatic rings. The quantitative estimate of drug-likeness (QED) is 0.342. The molecule has 0 spiro atoms. The minimum absolute atomic E-state index is 0.0439. The van der Waals surface area contributed by atoms with Crippen LogP contribution in [0.25, 0.3) is 0 Å². The maximum atomic E-state index is 6.62. The third-order valence-corrected chi connectivity index (χ3v) is 10.9. The van der Waals surface area contributed by atoms with Gasteiger partial charge in [0.05, 0.1) is 0 Å². The SMILES string of the molecule is COP(=S)(Nc1c(C(C)(C)C)cc(C(C)(C)C)cc1C(C)(C)C)c1c(C(C)C)cc(C(C)C)cc1C(C)C. The normalized spacial score (nSPS) is 14.9. The fourth-order valence-electron chi connectivity index (χ4n) is 4.98. The van der Waals surface area contributed by atoms with Crippen LogP contribution < -0.4 is 10.4 Å². The Morgan fingerprint density at radius 2 is 1.05 bits per heavy atom. The third-order valence-electron chi connectivity index (χ3n) is 7.53. The maximum Gasteiger partial charge on any atom is 0.183 e. The summed E-state index contributed by atoms with van der Waals surface area (Å²) in [5.41, 5.74) is 9.03. The molecule has 2 aromatic rings. The molecule has 0 aliphatic carbocycles. The lowest BCUT2D eigenvalue weighted by atomic mass is 9.74. The molecule has 1 unspecified atom stereocenters. The summed E-state index contributed by atoms with van der Waals surface area (Å²) in [5, 5.41) is 5.21. The standard InChI is InChI=1S/C34H56NOPS/c1-21(2)24-17-26(22(3)4)31(27(18-24)23(5)6)37(38,36-16)35-30-28(33(10,11)12)19-25(32(7,8)9)20-29(30)34(13,14)15/h17-23H,1-16H3,(H,35,38). The van der Waals surface area contributed by atoms with Crippen molar-refractivity contribution in [2.24, 2.45) is 0 Å². The molecule has 0 aromatic heterocycles. The number of anilines is 1. The lowest BCUT2D eigenvalue weighted by Crippen LogP contribution is -2.28. The summed E-state index contributed by atoms with van der Waals surface area (Å²) in [7, 11) is 1.80. The van der Waals surface area contributed by atoms with E-state index in [1.54, 1.807) is 7.11 Å². The third kappa shape index (κ3) is 7.13. The first-order chi connectivity index (χ1) is 17.0. The predicted octanol–water partition coefficient (Wildman–Crippen LogP) is 10.6. The van der Waals surface area contributed by atoms with Crippen LogP contribution in [-0.4, -0.2) is 7.11 Å². The van der Waals surface area contributed by atoms with Gasteiger partial charge in [-0.15, -0.1) is 0 Å². The Balaban J connectivity index is 3.04. The number of hydrogen-bond acceptors (Lipinski definition) is 2. The minimum atomic E-state index is -2.67. The molecule has 0 bridgehead atoms. The number of rotatable bonds is 7. The topological polar surface area (TPSA) is 21.3 Å². The zero-order valence-corrected chi connectivity index (χ0v) is 29.0. The van der Waals surface area contributed by atoms with Gasteiger partial charge in [0.15, 0.2) is 6.42 Å². The van der Waals surface area contributed by atoms with Gasteiger partial charge in [0.1, 0.15) is 0 Å². The fraction of sp³-hybridized carbons (Fsp3) is 0.647. The lowest BCUT2D eigenvalue weighted by molar-refractivity contribution is 0.468. The van der Waals surface area contributed by atoms with Gasteiger partial charge < -0.3 is 9.61 Å². The highest BCUT2D eigenvalue weighted by molar-refractivity contribution is 8.16. The average molecular weight is 558 g/mol. The van der Waals surface area contributed by atoms with E-state index in [1.807, 2.05) is 0 Å². The second-order valence-electron chi connectivity index (χ2n) is 15.1. The summed E-state index contributed by atoms with van der Waals surface area (Å²) >= 11 is 6.62. The molecule has 0 saturated carbocycles. The molecule has 2 nitrogen and oxygen atoms in total. The lowest BCUT2D eigenvalue weighted by Gasteiger charge is -2.37. The van der Waals surface area contributed by atoms with E-state index in [2.05, 4.69) is 133 Å². The van der Waals surface area contributed by atoms with E-state index >= 15 is 0 Å². The zero-order chi connectivity index (χ0) is 29.6. The predicted molar refractivity (Wildman–Crippen MR) is 176 cm³/mol. The van der Waals surface area contributed by atoms with Crippen molar-refractivity contribution < 1.29 is 4.52 Å². The molecule has 0 fully saturated rings. The van der Waals surface area contributed by atoms with Crippen LogP contribution >= 0.6 is 6.42 Å². The first-order valence-electron chi connectivity index (χ1n) is 14.4. The van der Waals surface area contributed by atoms with Crippen molar-refractivity contribution in [2.75, 3.05) is 12.2 Å². The summed E-state index contributed by atoms with van der Waals surface area (Å²) in [6, 6.07) is 9.58. The number of nitrogens with one attached hydrogen (secondary N) is 1. The molecule has 0 aliphatic heterocycles. The average Bonchev–Trinajstić information content (AvgIpc) is 2.75. The molecule has 1 atom stereocenters. The van der Waals surface area contributed by atoms with Crippen molar-refractivity contribution >= 4 is 29.2 Å². The van der Waals surface area contributed by atoms with E-state index in [0.29, 0.717) is 17.8 Å². The molecule has 214 valence electrons. The van der Waals surface area contributed by atoms with Gasteiger partial charge in [-0.25, -0.2) is 0 Å². The van der Waals surface area contributed by atoms with Crippen molar-refractivity contribution in [3.8, 4) is 0 Å². The van der Waals surface area contributed by atoms with E-state index < -0.39 is 6.42 Å². The maximum absolute atomic E-state index is 6.62. The largest absolute Gasteiger partial charge is 0.334 e. The van der Waals surface area contributed by atoms with Crippen LogP contribution in [0.2, 0.25) is 0 Å². The Hall–Kier alpha value is -1.15. The summed E-state index contributed by atoms with van der Waals surface area (Å²) in [6.45, 7) is 34.4. The van der Waals surface area contributed by atoms with Gasteiger partial charge in [0.25, 0.3) is 0 Å². The van der Waals surface area contributed by atoms with Gasteiger partial charge in [0, 0.05) is 18.1 Å². The Morgan fingerprint density at radius 3 is 1.32 bits per heavy atom. The van der Waals surface area contributed by atoms with E-state index in [1.165, 1.54) is 38.7 Å². The second-order valence-corrected chi connectivity index (χ2v) is 18.7. The fourth-order valence-corrected chi connectivity index (χ4v) is 8.13. The molecular weight excluding hydrogens is 501 g/mol. The van der Waals surface area contributed by atoms with E-state index in [9.17, 15) is 0 Å². The molecule has 0 radical (unpaired) electrons. The van der Waals surface area contributed by atoms with Gasteiger partial charge >= 0.3 is 0 Å². The van der Waals surface area contributed by atoms with Gasteiger partial charge in [0.2, 0.25) is 0 Å². The van der Waals surface area contributed by atoms with Crippen LogP contribution in [0, 0.1) is 0 Å². The van der Waals surface area contributed by atoms with Gasteiger partial charge in [-0.3, -0.25) is 0 Å². The summed E-state index contributed by atoms with van der Waals surface area (Å²) < 4.78 is 6.46. The van der Waals surface area contributed by atoms with Crippen LogP contribution in [0.15, 0.2) is 24.3 Å². The van der Waals surface area contributed by atoms with Crippen LogP contribution in [0.5, 0.6) is 0 Å². The van der Waals surface area contributed by atoms with Crippen LogP contribution in [0.3, 0.4) is 0 Å². The minimum Gasteiger partial charge on any atom is -0.334 e. The second kappa shape index (κ2) is 11.4. The van der Waals surface area contributed by atoms with E-state index in [0.717, 1.165) is 5.69 Å². The van der Waals surface area contributed by atoms with Crippen molar-refractivity contribution in [3.05, 3.63) is 57.6 Å². The molecule has 0 saturated heterocycles. The van der Waals surface area contributed by atoms with Crippen molar-refractivity contribution in [3.63, 3.8) is 0 Å². The highest BCUT2D eigenvalue weighted by Gasteiger charge is 2.35. The van der Waals surface area contributed by atoms with Crippen molar-refractivity contribution in [2.45, 2.75) is 138 Å². The van der Waals surface area contributed by atoms with Gasteiger partial charge in [-0.2, -0.15) is 0 Å². The summed E-state index contributed by atoms with van der Waals surface area (Å²) in [4.78, 5) is 0. The van der Waals surface area contributed by atoms with Crippen molar-refractivity contribution in [1.82, 2.24) is 0 Å². The molecular formula is C34H56NOPS. The van der Waals surface area contributed by atoms with Crippen LogP contribution in [0.4, 0.5) is 5.69 Å². The summed E-state index contributed by atoms with van der Waals surface area (Å²) in [6.07, 6.45) is -2.67. The number of hydrogen-bond donors (Lipinski definition) is 1. The Bertz CT molecular complexity index is 1120. The highest BCUT2D eigenvalue weighted by Crippen LogP contribution is 2.53. The van der Waals surface area contributed by atoms with Gasteiger partial charge in [-0.05, 0) is 79.2 Å². The molecule has 0 heterocycles. The van der Waals surface area contributed by atoms with Gasteiger partial charge in [-0.1, -0.05) is 128 Å². The highest BCUT2D eigenvalue weighted by atomic mass is 32.4. The smallest absolute Gasteiger partial charge is 0.183 e. The molecule has 2 aromatic carbocycles. The molecule has 0 amide bonds. The monoisotopic (exact) mass is 557 g/mol. The van der Waals surface area contributed by atoms with Crippen molar-refractivity contribution in [1.29, 1.82) is 0 Å². The van der Waals surface area contributed by atoms with Crippen LogP contribution in [0.1, 0.15) is 155 Å². The Morgan fingerprint density at radius 1 is 0.658 bits per heavy atom. The summed E-state index contributed by atoms with van der Waals surface area (Å²) in [5.74, 6) is 1.14. The number of benzene rings is 2. The van der Waals surface area contributed by atoms with E-state index in [4.69, 9.17) is 16.3 Å². The first-order valence-corrected chi connectivity index (χ1v) is 17.1. The molecule has 1 N–H and O–H groups in total.